The SMILES string of the molecule is C.CC1=C(c2cnn3c2C(=O)N(c2ccc(C(F)(F)F)c(Cl)c2)C[C@@H]3C)N=C(c2ccccn2)C1.S. The first-order valence-electron chi connectivity index (χ1n) is 10.6. The second kappa shape index (κ2) is 10.1. The van der Waals surface area contributed by atoms with Gasteiger partial charge in [-0.1, -0.05) is 25.1 Å². The Labute approximate surface area is 219 Å². The zero-order valence-corrected chi connectivity index (χ0v) is 20.5. The Balaban J connectivity index is 0.00000180. The van der Waals surface area contributed by atoms with Gasteiger partial charge < -0.3 is 4.90 Å². The van der Waals surface area contributed by atoms with Crippen LogP contribution >= 0.6 is 25.1 Å². The van der Waals surface area contributed by atoms with Crippen molar-refractivity contribution in [1.82, 2.24) is 14.8 Å². The van der Waals surface area contributed by atoms with Gasteiger partial charge in [-0.25, -0.2) is 0 Å². The number of pyridine rings is 1. The average molecular weight is 536 g/mol. The molecule has 1 aromatic carbocycles. The monoisotopic (exact) mass is 535 g/mol. The van der Waals surface area contributed by atoms with Gasteiger partial charge in [0.2, 0.25) is 0 Å². The Hall–Kier alpha value is -3.11. The number of halogens is 4. The van der Waals surface area contributed by atoms with E-state index in [4.69, 9.17) is 16.6 Å². The lowest BCUT2D eigenvalue weighted by molar-refractivity contribution is -0.137. The molecule has 6 nitrogen and oxygen atoms in total. The number of carbonyl (C=O) groups excluding carboxylic acids is 1. The molecule has 5 rings (SSSR count). The van der Waals surface area contributed by atoms with E-state index < -0.39 is 16.8 Å². The van der Waals surface area contributed by atoms with Gasteiger partial charge >= 0.3 is 6.18 Å². The number of benzene rings is 1. The van der Waals surface area contributed by atoms with Gasteiger partial charge in [0.05, 0.1) is 45.5 Å². The smallest absolute Gasteiger partial charge is 0.305 e. The fourth-order valence-corrected chi connectivity index (χ4v) is 4.62. The lowest BCUT2D eigenvalue weighted by atomic mass is 10.0. The van der Waals surface area contributed by atoms with Crippen molar-refractivity contribution in [3.8, 4) is 0 Å². The Morgan fingerprint density at radius 1 is 1.17 bits per heavy atom. The second-order valence-corrected chi connectivity index (χ2v) is 8.76. The summed E-state index contributed by atoms with van der Waals surface area (Å²) < 4.78 is 41.1. The van der Waals surface area contributed by atoms with Crippen molar-refractivity contribution in [3.05, 3.63) is 81.9 Å². The van der Waals surface area contributed by atoms with Gasteiger partial charge in [-0.05, 0) is 49.8 Å². The summed E-state index contributed by atoms with van der Waals surface area (Å²) >= 11 is 5.92. The fraction of sp³-hybridized carbons (Fsp3) is 0.280. The van der Waals surface area contributed by atoms with Crippen molar-refractivity contribution in [2.24, 2.45) is 4.99 Å². The number of hydrogen-bond acceptors (Lipinski definition) is 4. The van der Waals surface area contributed by atoms with Gasteiger partial charge in [-0.15, -0.1) is 0 Å². The van der Waals surface area contributed by atoms with Crippen LogP contribution < -0.4 is 4.90 Å². The van der Waals surface area contributed by atoms with E-state index in [-0.39, 0.29) is 39.4 Å². The molecular formula is C25H25ClF3N5OS. The van der Waals surface area contributed by atoms with E-state index in [9.17, 15) is 18.0 Å². The van der Waals surface area contributed by atoms with E-state index in [0.29, 0.717) is 29.1 Å². The van der Waals surface area contributed by atoms with Gasteiger partial charge in [0.1, 0.15) is 5.69 Å². The van der Waals surface area contributed by atoms with E-state index in [1.165, 1.54) is 17.0 Å². The minimum atomic E-state index is -4.57. The van der Waals surface area contributed by atoms with Crippen LogP contribution in [0.3, 0.4) is 0 Å². The molecule has 2 aliphatic heterocycles. The molecule has 0 spiro atoms. The predicted molar refractivity (Wildman–Crippen MR) is 140 cm³/mol. The highest BCUT2D eigenvalue weighted by Crippen LogP contribution is 2.39. The van der Waals surface area contributed by atoms with Crippen molar-refractivity contribution in [1.29, 1.82) is 0 Å². The third kappa shape index (κ3) is 4.67. The largest absolute Gasteiger partial charge is 0.417 e. The zero-order valence-electron chi connectivity index (χ0n) is 18.8. The highest BCUT2D eigenvalue weighted by atomic mass is 35.5. The molecule has 2 aromatic heterocycles. The van der Waals surface area contributed by atoms with Crippen LogP contribution in [0.15, 0.2) is 59.4 Å². The van der Waals surface area contributed by atoms with Crippen LogP contribution in [0.5, 0.6) is 0 Å². The molecule has 0 saturated carbocycles. The minimum absolute atomic E-state index is 0. The minimum Gasteiger partial charge on any atom is -0.305 e. The molecule has 0 N–H and O–H groups in total. The summed E-state index contributed by atoms with van der Waals surface area (Å²) in [5, 5.41) is 3.98. The van der Waals surface area contributed by atoms with E-state index in [0.717, 1.165) is 23.0 Å². The summed E-state index contributed by atoms with van der Waals surface area (Å²) in [5.74, 6) is -0.372. The van der Waals surface area contributed by atoms with Crippen LogP contribution in [0.4, 0.5) is 18.9 Å². The maximum atomic E-state index is 13.6. The molecule has 4 heterocycles. The molecular weight excluding hydrogens is 511 g/mol. The number of amides is 1. The first kappa shape index (κ1) is 27.5. The Morgan fingerprint density at radius 3 is 2.56 bits per heavy atom. The van der Waals surface area contributed by atoms with Gasteiger partial charge in [0, 0.05) is 24.8 Å². The Bertz CT molecular complexity index is 1370. The van der Waals surface area contributed by atoms with E-state index in [2.05, 4.69) is 10.1 Å². The molecule has 0 bridgehead atoms. The van der Waals surface area contributed by atoms with Crippen molar-refractivity contribution >= 4 is 48.1 Å². The van der Waals surface area contributed by atoms with Gasteiger partial charge in [-0.3, -0.25) is 19.5 Å². The van der Waals surface area contributed by atoms with Gasteiger partial charge in [-0.2, -0.15) is 31.8 Å². The molecule has 1 amide bonds. The molecule has 11 heteroatoms. The third-order valence-electron chi connectivity index (χ3n) is 5.98. The maximum absolute atomic E-state index is 13.6. The number of hydrogen-bond donors (Lipinski definition) is 0. The first-order chi connectivity index (χ1) is 16.1. The zero-order chi connectivity index (χ0) is 24.2. The summed E-state index contributed by atoms with van der Waals surface area (Å²) in [6.45, 7) is 4.09. The normalized spacial score (nSPS) is 17.4. The molecule has 0 fully saturated rings. The Kier molecular flexibility index (Phi) is 7.71. The standard InChI is InChI=1S/C24H19ClF3N5O.CH4.H2S/c1-13-9-20(19-5-3-4-8-29-19)31-21(13)16-11-30-33-14(2)12-32(23(34)22(16)33)15-6-7-17(18(25)10-15)24(26,27)28;;/h3-8,10-11,14H,9,12H2,1-2H3;1H4;1H2/t14-;;/m0../s1. The van der Waals surface area contributed by atoms with Crippen LogP contribution in [0.25, 0.3) is 5.70 Å². The topological polar surface area (TPSA) is 63.4 Å². The summed E-state index contributed by atoms with van der Waals surface area (Å²) in [4.78, 5) is 24.1. The van der Waals surface area contributed by atoms with Gasteiger partial charge in [0.15, 0.2) is 0 Å². The number of alkyl halides is 3. The lowest BCUT2D eigenvalue weighted by Crippen LogP contribution is -2.43. The maximum Gasteiger partial charge on any atom is 0.417 e. The van der Waals surface area contributed by atoms with Crippen molar-refractivity contribution in [2.75, 3.05) is 11.4 Å². The van der Waals surface area contributed by atoms with Crippen LogP contribution in [-0.4, -0.2) is 32.9 Å². The summed E-state index contributed by atoms with van der Waals surface area (Å²) in [6.07, 6.45) is -0.656. The first-order valence-corrected chi connectivity index (χ1v) is 11.0. The van der Waals surface area contributed by atoms with Crippen LogP contribution in [-0.2, 0) is 6.18 Å². The van der Waals surface area contributed by atoms with Gasteiger partial charge in [0.25, 0.3) is 5.91 Å². The number of rotatable bonds is 3. The molecule has 0 saturated heterocycles. The lowest BCUT2D eigenvalue weighted by Gasteiger charge is -2.32. The molecule has 0 unspecified atom stereocenters. The number of aromatic nitrogens is 3. The fourth-order valence-electron chi connectivity index (χ4n) is 4.34. The molecule has 36 heavy (non-hydrogen) atoms. The number of carbonyl (C=O) groups is 1. The summed E-state index contributed by atoms with van der Waals surface area (Å²) in [6, 6.07) is 8.74. The second-order valence-electron chi connectivity index (χ2n) is 8.36. The average Bonchev–Trinajstić information content (AvgIpc) is 3.40. The third-order valence-corrected chi connectivity index (χ3v) is 6.29. The Morgan fingerprint density at radius 2 is 1.92 bits per heavy atom. The van der Waals surface area contributed by atoms with Crippen LogP contribution in [0.2, 0.25) is 5.02 Å². The van der Waals surface area contributed by atoms with Crippen molar-refractivity contribution in [3.63, 3.8) is 0 Å². The number of anilines is 1. The number of fused-ring (bicyclic) bond motifs is 1. The molecule has 0 radical (unpaired) electrons. The number of allylic oxidation sites excluding steroid dienone is 1. The summed E-state index contributed by atoms with van der Waals surface area (Å²) in [7, 11) is 0. The van der Waals surface area contributed by atoms with E-state index >= 15 is 0 Å². The number of aliphatic imine (C=N–C) groups is 1. The predicted octanol–water partition coefficient (Wildman–Crippen LogP) is 6.54. The molecule has 190 valence electrons. The molecule has 2 aliphatic rings. The molecule has 1 atom stereocenters. The van der Waals surface area contributed by atoms with Crippen LogP contribution in [0, 0.1) is 0 Å². The van der Waals surface area contributed by atoms with E-state index in [1.54, 1.807) is 17.1 Å². The molecule has 0 aliphatic carbocycles. The van der Waals surface area contributed by atoms with Crippen LogP contribution in [0.1, 0.15) is 61.0 Å². The summed E-state index contributed by atoms with van der Waals surface area (Å²) in [5.41, 5.74) is 3.49. The highest BCUT2D eigenvalue weighted by molar-refractivity contribution is 7.59. The highest BCUT2D eigenvalue weighted by Gasteiger charge is 2.37. The van der Waals surface area contributed by atoms with Crippen molar-refractivity contribution < 1.29 is 18.0 Å². The number of nitrogens with zero attached hydrogens (tertiary/aromatic N) is 5. The van der Waals surface area contributed by atoms with Crippen molar-refractivity contribution in [2.45, 2.75) is 39.9 Å². The quantitative estimate of drug-likeness (QED) is 0.382. The van der Waals surface area contributed by atoms with E-state index in [1.807, 2.05) is 32.0 Å². The molecule has 3 aromatic rings.